The number of nitrogens with one attached hydrogen (secondary N) is 2. The maximum Gasteiger partial charge on any atom is 0.255 e. The molecule has 0 saturated carbocycles. The van der Waals surface area contributed by atoms with Gasteiger partial charge in [0.05, 0.1) is 19.3 Å². The van der Waals surface area contributed by atoms with Gasteiger partial charge in [-0.05, 0) is 55.5 Å². The third-order valence-corrected chi connectivity index (χ3v) is 5.89. The number of amides is 1. The summed E-state index contributed by atoms with van der Waals surface area (Å²) in [6.07, 6.45) is 2.43. The number of benzene rings is 2. The lowest BCUT2D eigenvalue weighted by Gasteiger charge is -2.29. The Bertz CT molecular complexity index is 1210. The average Bonchev–Trinajstić information content (AvgIpc) is 3.27. The summed E-state index contributed by atoms with van der Waals surface area (Å²) in [7, 11) is 1.62. The number of nitrogens with zero attached hydrogens (tertiary/aromatic N) is 3. The molecule has 8 nitrogen and oxygen atoms in total. The van der Waals surface area contributed by atoms with Crippen molar-refractivity contribution in [1.29, 1.82) is 0 Å². The molecule has 1 aliphatic heterocycles. The molecule has 34 heavy (non-hydrogen) atoms. The second kappa shape index (κ2) is 9.99. The number of hydrogen-bond donors (Lipinski definition) is 2. The van der Waals surface area contributed by atoms with Gasteiger partial charge in [0.2, 0.25) is 5.95 Å². The van der Waals surface area contributed by atoms with E-state index in [0.717, 1.165) is 23.2 Å². The molecule has 3 aromatic rings. The molecule has 1 unspecified atom stereocenters. The van der Waals surface area contributed by atoms with Crippen LogP contribution in [0.2, 0.25) is 0 Å². The van der Waals surface area contributed by atoms with E-state index in [-0.39, 0.29) is 5.91 Å². The van der Waals surface area contributed by atoms with E-state index in [1.807, 2.05) is 56.3 Å². The lowest BCUT2D eigenvalue weighted by Crippen LogP contribution is -2.31. The Morgan fingerprint density at radius 3 is 2.71 bits per heavy atom. The highest BCUT2D eigenvalue weighted by atomic mass is 16.5. The van der Waals surface area contributed by atoms with Gasteiger partial charge in [-0.3, -0.25) is 4.79 Å². The highest BCUT2D eigenvalue weighted by Crippen LogP contribution is 2.39. The molecule has 178 valence electrons. The van der Waals surface area contributed by atoms with Crippen LogP contribution >= 0.6 is 0 Å². The highest BCUT2D eigenvalue weighted by Gasteiger charge is 2.34. The SMILES string of the molecule is COc1cc(C2C(C(=O)Nc3ccccc3C)=C(C)Nc3ncnn32)ccc1OCCC(C)C. The Labute approximate surface area is 200 Å². The number of rotatable bonds is 8. The molecule has 1 atom stereocenters. The zero-order valence-corrected chi connectivity index (χ0v) is 20.3. The van der Waals surface area contributed by atoms with Gasteiger partial charge in [-0.2, -0.15) is 10.1 Å². The minimum atomic E-state index is -0.485. The van der Waals surface area contributed by atoms with Gasteiger partial charge in [-0.1, -0.05) is 38.1 Å². The molecule has 1 amide bonds. The smallest absolute Gasteiger partial charge is 0.255 e. The standard InChI is InChI=1S/C26H31N5O3/c1-16(2)12-13-34-21-11-10-19(14-22(21)33-5)24-23(18(4)29-26-27-15-28-31(24)26)25(32)30-20-9-7-6-8-17(20)3/h6-11,14-16,24H,12-13H2,1-5H3,(H,30,32)(H,27,28,29). The van der Waals surface area contributed by atoms with E-state index in [9.17, 15) is 4.79 Å². The Balaban J connectivity index is 1.70. The maximum atomic E-state index is 13.5. The van der Waals surface area contributed by atoms with Crippen molar-refractivity contribution in [3.05, 3.63) is 71.2 Å². The summed E-state index contributed by atoms with van der Waals surface area (Å²) in [5.41, 5.74) is 3.86. The zero-order chi connectivity index (χ0) is 24.2. The quantitative estimate of drug-likeness (QED) is 0.493. The fourth-order valence-corrected chi connectivity index (χ4v) is 3.97. The summed E-state index contributed by atoms with van der Waals surface area (Å²) in [5.74, 6) is 2.20. The van der Waals surface area contributed by atoms with Crippen LogP contribution in [0.1, 0.15) is 44.4 Å². The third-order valence-electron chi connectivity index (χ3n) is 5.89. The molecule has 4 rings (SSSR count). The van der Waals surface area contributed by atoms with Crippen LogP contribution in [-0.2, 0) is 4.79 Å². The number of hydrogen-bond acceptors (Lipinski definition) is 6. The summed E-state index contributed by atoms with van der Waals surface area (Å²) in [5, 5.41) is 10.7. The number of ether oxygens (including phenoxy) is 2. The summed E-state index contributed by atoms with van der Waals surface area (Å²) in [4.78, 5) is 17.9. The molecule has 0 radical (unpaired) electrons. The lowest BCUT2D eigenvalue weighted by atomic mass is 9.94. The minimum Gasteiger partial charge on any atom is -0.493 e. The van der Waals surface area contributed by atoms with Gasteiger partial charge in [0.1, 0.15) is 12.4 Å². The minimum absolute atomic E-state index is 0.207. The van der Waals surface area contributed by atoms with Crippen LogP contribution < -0.4 is 20.1 Å². The number of anilines is 2. The number of carbonyl (C=O) groups is 1. The molecule has 0 spiro atoms. The predicted molar refractivity (Wildman–Crippen MR) is 132 cm³/mol. The fraction of sp³-hybridized carbons (Fsp3) is 0.346. The van der Waals surface area contributed by atoms with Crippen LogP contribution in [0.4, 0.5) is 11.6 Å². The van der Waals surface area contributed by atoms with Gasteiger partial charge in [-0.25, -0.2) is 4.68 Å². The molecule has 1 aromatic heterocycles. The molecule has 0 aliphatic carbocycles. The number of aryl methyl sites for hydroxylation is 1. The Morgan fingerprint density at radius 1 is 1.18 bits per heavy atom. The van der Waals surface area contributed by atoms with Crippen molar-refractivity contribution in [3.63, 3.8) is 0 Å². The van der Waals surface area contributed by atoms with Crippen LogP contribution in [0, 0.1) is 12.8 Å². The zero-order valence-electron chi connectivity index (χ0n) is 20.3. The molecule has 8 heteroatoms. The number of para-hydroxylation sites is 1. The molecular formula is C26H31N5O3. The number of allylic oxidation sites excluding steroid dienone is 1. The number of fused-ring (bicyclic) bond motifs is 1. The van der Waals surface area contributed by atoms with E-state index in [1.54, 1.807) is 11.8 Å². The van der Waals surface area contributed by atoms with Gasteiger partial charge in [0.25, 0.3) is 5.91 Å². The van der Waals surface area contributed by atoms with Crippen molar-refractivity contribution in [2.24, 2.45) is 5.92 Å². The van der Waals surface area contributed by atoms with E-state index in [2.05, 4.69) is 34.6 Å². The van der Waals surface area contributed by atoms with E-state index in [4.69, 9.17) is 9.47 Å². The monoisotopic (exact) mass is 461 g/mol. The summed E-state index contributed by atoms with van der Waals surface area (Å²) in [6, 6.07) is 13.0. The maximum absolute atomic E-state index is 13.5. The first-order valence-electron chi connectivity index (χ1n) is 11.4. The van der Waals surface area contributed by atoms with Crippen LogP contribution in [0.3, 0.4) is 0 Å². The van der Waals surface area contributed by atoms with Crippen LogP contribution in [-0.4, -0.2) is 34.4 Å². The van der Waals surface area contributed by atoms with Gasteiger partial charge in [0.15, 0.2) is 11.5 Å². The first kappa shape index (κ1) is 23.4. The molecule has 0 saturated heterocycles. The lowest BCUT2D eigenvalue weighted by molar-refractivity contribution is -0.113. The topological polar surface area (TPSA) is 90.3 Å². The van der Waals surface area contributed by atoms with Crippen molar-refractivity contribution in [2.75, 3.05) is 24.4 Å². The molecular weight excluding hydrogens is 430 g/mol. The second-order valence-electron chi connectivity index (χ2n) is 8.80. The first-order valence-corrected chi connectivity index (χ1v) is 11.4. The van der Waals surface area contributed by atoms with Gasteiger partial charge in [-0.15, -0.1) is 0 Å². The summed E-state index contributed by atoms with van der Waals surface area (Å²) < 4.78 is 13.3. The van der Waals surface area contributed by atoms with Crippen molar-refractivity contribution >= 4 is 17.5 Å². The number of carbonyl (C=O) groups excluding carboxylic acids is 1. The van der Waals surface area contributed by atoms with Crippen molar-refractivity contribution in [1.82, 2.24) is 14.8 Å². The summed E-state index contributed by atoms with van der Waals surface area (Å²) >= 11 is 0. The number of methoxy groups -OCH3 is 1. The molecule has 0 fully saturated rings. The Kier molecular flexibility index (Phi) is 6.86. The van der Waals surface area contributed by atoms with E-state index >= 15 is 0 Å². The Hall–Kier alpha value is -3.81. The number of aromatic nitrogens is 3. The normalized spacial score (nSPS) is 15.1. The highest BCUT2D eigenvalue weighted by molar-refractivity contribution is 6.06. The van der Waals surface area contributed by atoms with Crippen LogP contribution in [0.25, 0.3) is 0 Å². The fourth-order valence-electron chi connectivity index (χ4n) is 3.97. The van der Waals surface area contributed by atoms with Crippen LogP contribution in [0.15, 0.2) is 60.1 Å². The van der Waals surface area contributed by atoms with Gasteiger partial charge < -0.3 is 20.1 Å². The van der Waals surface area contributed by atoms with Gasteiger partial charge in [0, 0.05) is 11.4 Å². The molecule has 1 aliphatic rings. The predicted octanol–water partition coefficient (Wildman–Crippen LogP) is 4.95. The van der Waals surface area contributed by atoms with Gasteiger partial charge >= 0.3 is 0 Å². The molecule has 2 aromatic carbocycles. The van der Waals surface area contributed by atoms with E-state index in [0.29, 0.717) is 41.2 Å². The van der Waals surface area contributed by atoms with Crippen molar-refractivity contribution in [2.45, 2.75) is 40.2 Å². The molecule has 0 bridgehead atoms. The third kappa shape index (κ3) is 4.76. The molecule has 2 heterocycles. The first-order chi connectivity index (χ1) is 16.4. The van der Waals surface area contributed by atoms with E-state index in [1.165, 1.54) is 6.33 Å². The summed E-state index contributed by atoms with van der Waals surface area (Å²) in [6.45, 7) is 8.77. The molecule has 2 N–H and O–H groups in total. The largest absolute Gasteiger partial charge is 0.493 e. The van der Waals surface area contributed by atoms with Crippen molar-refractivity contribution in [3.8, 4) is 11.5 Å². The van der Waals surface area contributed by atoms with Crippen molar-refractivity contribution < 1.29 is 14.3 Å². The van der Waals surface area contributed by atoms with E-state index < -0.39 is 6.04 Å². The average molecular weight is 462 g/mol. The second-order valence-corrected chi connectivity index (χ2v) is 8.80. The Morgan fingerprint density at radius 2 is 1.97 bits per heavy atom. The van der Waals surface area contributed by atoms with Crippen LogP contribution in [0.5, 0.6) is 11.5 Å².